The molecule has 4 heteroatoms. The topological polar surface area (TPSA) is 33.2 Å². The second-order valence-electron chi connectivity index (χ2n) is 4.53. The summed E-state index contributed by atoms with van der Waals surface area (Å²) in [7, 11) is 0. The van der Waals surface area contributed by atoms with E-state index < -0.39 is 0 Å². The summed E-state index contributed by atoms with van der Waals surface area (Å²) < 4.78 is 0. The molecule has 1 fully saturated rings. The van der Waals surface area contributed by atoms with E-state index in [0.29, 0.717) is 5.78 Å². The molecule has 0 saturated carbocycles. The number of hydrogen-bond acceptors (Lipinski definition) is 4. The molecular weight excluding hydrogens is 220 g/mol. The number of aromatic nitrogens is 1. The lowest BCUT2D eigenvalue weighted by Crippen LogP contribution is -2.40. The first-order chi connectivity index (χ1) is 7.65. The second kappa shape index (κ2) is 5.06. The van der Waals surface area contributed by atoms with Gasteiger partial charge in [-0.15, -0.1) is 11.3 Å². The number of Topliss-reactive ketones (excluding diaryl/α,β-unsaturated/α-hetero) is 1. The number of carbonyl (C=O) groups excluding carboxylic acids is 1. The third-order valence-corrected chi connectivity index (χ3v) is 3.93. The maximum Gasteiger partial charge on any atom is 0.138 e. The first-order valence-corrected chi connectivity index (χ1v) is 6.69. The number of aryl methyl sites for hydroxylation is 1. The van der Waals surface area contributed by atoms with Gasteiger partial charge in [0.25, 0.3) is 0 Å². The van der Waals surface area contributed by atoms with Gasteiger partial charge in [0.2, 0.25) is 0 Å². The molecule has 0 spiro atoms. The Balaban J connectivity index is 1.80. The molecule has 0 amide bonds. The van der Waals surface area contributed by atoms with Gasteiger partial charge in [0, 0.05) is 43.8 Å². The van der Waals surface area contributed by atoms with Crippen LogP contribution in [0.15, 0.2) is 5.38 Å². The largest absolute Gasteiger partial charge is 0.302 e. The molecule has 0 aliphatic carbocycles. The second-order valence-corrected chi connectivity index (χ2v) is 5.59. The molecule has 0 N–H and O–H groups in total. The normalized spacial score (nSPS) is 22.6. The summed E-state index contributed by atoms with van der Waals surface area (Å²) in [6.07, 6.45) is 1.72. The number of likely N-dealkylation sites (tertiary alicyclic amines) is 1. The van der Waals surface area contributed by atoms with E-state index in [0.717, 1.165) is 37.5 Å². The van der Waals surface area contributed by atoms with Crippen LogP contribution in [0.3, 0.4) is 0 Å². The SMILES string of the molecule is Cc1nc(CCN2CCC(=O)C(C)C2)cs1. The zero-order chi connectivity index (χ0) is 11.5. The number of carbonyl (C=O) groups is 1. The van der Waals surface area contributed by atoms with Crippen LogP contribution < -0.4 is 0 Å². The van der Waals surface area contributed by atoms with E-state index in [-0.39, 0.29) is 5.92 Å². The molecule has 1 aromatic rings. The fraction of sp³-hybridized carbons (Fsp3) is 0.667. The van der Waals surface area contributed by atoms with Crippen molar-refractivity contribution in [2.45, 2.75) is 26.7 Å². The molecule has 1 unspecified atom stereocenters. The molecule has 3 nitrogen and oxygen atoms in total. The van der Waals surface area contributed by atoms with Crippen LogP contribution in [0, 0.1) is 12.8 Å². The Kier molecular flexibility index (Phi) is 3.71. The number of thiazole rings is 1. The van der Waals surface area contributed by atoms with Crippen molar-refractivity contribution in [3.63, 3.8) is 0 Å². The predicted octanol–water partition coefficient (Wildman–Crippen LogP) is 1.90. The summed E-state index contributed by atoms with van der Waals surface area (Å²) in [4.78, 5) is 18.2. The summed E-state index contributed by atoms with van der Waals surface area (Å²) in [5, 5.41) is 3.27. The Morgan fingerprint density at radius 1 is 1.62 bits per heavy atom. The summed E-state index contributed by atoms with van der Waals surface area (Å²) >= 11 is 1.71. The zero-order valence-electron chi connectivity index (χ0n) is 9.90. The van der Waals surface area contributed by atoms with Crippen LogP contribution in [-0.2, 0) is 11.2 Å². The number of hydrogen-bond donors (Lipinski definition) is 0. The van der Waals surface area contributed by atoms with E-state index in [1.54, 1.807) is 11.3 Å². The van der Waals surface area contributed by atoms with E-state index in [4.69, 9.17) is 0 Å². The Hall–Kier alpha value is -0.740. The van der Waals surface area contributed by atoms with Crippen molar-refractivity contribution in [2.75, 3.05) is 19.6 Å². The maximum absolute atomic E-state index is 11.4. The van der Waals surface area contributed by atoms with Crippen molar-refractivity contribution in [2.24, 2.45) is 5.92 Å². The standard InChI is InChI=1S/C12H18N2OS/c1-9-7-14(6-4-12(9)15)5-3-11-8-16-10(2)13-11/h8-9H,3-7H2,1-2H3. The van der Waals surface area contributed by atoms with Gasteiger partial charge in [0.15, 0.2) is 0 Å². The molecule has 0 bridgehead atoms. The summed E-state index contributed by atoms with van der Waals surface area (Å²) in [6, 6.07) is 0. The highest BCUT2D eigenvalue weighted by Crippen LogP contribution is 2.14. The van der Waals surface area contributed by atoms with Gasteiger partial charge in [-0.25, -0.2) is 4.98 Å². The van der Waals surface area contributed by atoms with Crippen LogP contribution in [0.1, 0.15) is 24.0 Å². The third kappa shape index (κ3) is 2.89. The average molecular weight is 238 g/mol. The van der Waals surface area contributed by atoms with E-state index in [1.807, 2.05) is 13.8 Å². The van der Waals surface area contributed by atoms with Crippen LogP contribution in [-0.4, -0.2) is 35.3 Å². The van der Waals surface area contributed by atoms with Crippen LogP contribution in [0.25, 0.3) is 0 Å². The molecule has 2 rings (SSSR count). The number of rotatable bonds is 3. The summed E-state index contributed by atoms with van der Waals surface area (Å²) in [5.41, 5.74) is 1.19. The van der Waals surface area contributed by atoms with Gasteiger partial charge in [-0.05, 0) is 6.92 Å². The van der Waals surface area contributed by atoms with E-state index in [9.17, 15) is 4.79 Å². The number of nitrogens with zero attached hydrogens (tertiary/aromatic N) is 2. The minimum Gasteiger partial charge on any atom is -0.302 e. The van der Waals surface area contributed by atoms with Gasteiger partial charge >= 0.3 is 0 Å². The molecule has 1 aliphatic heterocycles. The highest BCUT2D eigenvalue weighted by atomic mass is 32.1. The molecule has 1 saturated heterocycles. The van der Waals surface area contributed by atoms with Gasteiger partial charge in [-0.2, -0.15) is 0 Å². The lowest BCUT2D eigenvalue weighted by atomic mass is 9.98. The summed E-state index contributed by atoms with van der Waals surface area (Å²) in [6.45, 7) is 6.94. The van der Waals surface area contributed by atoms with Gasteiger partial charge in [0.1, 0.15) is 5.78 Å². The lowest BCUT2D eigenvalue weighted by molar-refractivity contribution is -0.125. The minimum absolute atomic E-state index is 0.214. The maximum atomic E-state index is 11.4. The van der Waals surface area contributed by atoms with Crippen molar-refractivity contribution < 1.29 is 4.79 Å². The van der Waals surface area contributed by atoms with E-state index in [1.165, 1.54) is 5.69 Å². The Morgan fingerprint density at radius 3 is 3.06 bits per heavy atom. The molecule has 1 atom stereocenters. The highest BCUT2D eigenvalue weighted by Gasteiger charge is 2.22. The fourth-order valence-corrected chi connectivity index (χ4v) is 2.74. The van der Waals surface area contributed by atoms with Gasteiger partial charge in [-0.3, -0.25) is 4.79 Å². The van der Waals surface area contributed by atoms with Crippen molar-refractivity contribution in [1.82, 2.24) is 9.88 Å². The quantitative estimate of drug-likeness (QED) is 0.806. The van der Waals surface area contributed by atoms with Gasteiger partial charge in [-0.1, -0.05) is 6.92 Å². The third-order valence-electron chi connectivity index (χ3n) is 3.11. The Morgan fingerprint density at radius 2 is 2.44 bits per heavy atom. The van der Waals surface area contributed by atoms with Crippen LogP contribution in [0.5, 0.6) is 0 Å². The zero-order valence-corrected chi connectivity index (χ0v) is 10.7. The molecule has 0 aromatic carbocycles. The molecule has 0 radical (unpaired) electrons. The molecule has 88 valence electrons. The number of ketones is 1. The lowest BCUT2D eigenvalue weighted by Gasteiger charge is -2.29. The van der Waals surface area contributed by atoms with Crippen LogP contribution in [0.2, 0.25) is 0 Å². The van der Waals surface area contributed by atoms with Crippen molar-refractivity contribution in [3.05, 3.63) is 16.1 Å². The Labute approximate surface area is 100 Å². The molecule has 1 aromatic heterocycles. The van der Waals surface area contributed by atoms with Crippen molar-refractivity contribution in [3.8, 4) is 0 Å². The summed E-state index contributed by atoms with van der Waals surface area (Å²) in [5.74, 6) is 0.631. The average Bonchev–Trinajstić information content (AvgIpc) is 2.66. The minimum atomic E-state index is 0.214. The van der Waals surface area contributed by atoms with E-state index >= 15 is 0 Å². The first kappa shape index (κ1) is 11.7. The monoisotopic (exact) mass is 238 g/mol. The van der Waals surface area contributed by atoms with Crippen LogP contribution in [0.4, 0.5) is 0 Å². The predicted molar refractivity (Wildman–Crippen MR) is 65.8 cm³/mol. The van der Waals surface area contributed by atoms with Gasteiger partial charge < -0.3 is 4.90 Å². The smallest absolute Gasteiger partial charge is 0.138 e. The van der Waals surface area contributed by atoms with Crippen LogP contribution >= 0.6 is 11.3 Å². The van der Waals surface area contributed by atoms with Gasteiger partial charge in [0.05, 0.1) is 10.7 Å². The first-order valence-electron chi connectivity index (χ1n) is 5.81. The van der Waals surface area contributed by atoms with E-state index in [2.05, 4.69) is 15.3 Å². The Bertz CT molecular complexity index is 375. The van der Waals surface area contributed by atoms with Crippen molar-refractivity contribution >= 4 is 17.1 Å². The fourth-order valence-electron chi connectivity index (χ4n) is 2.09. The molecule has 2 heterocycles. The molecule has 1 aliphatic rings. The van der Waals surface area contributed by atoms with Crippen molar-refractivity contribution in [1.29, 1.82) is 0 Å². The highest BCUT2D eigenvalue weighted by molar-refractivity contribution is 7.09. The molecular formula is C12H18N2OS. The molecule has 16 heavy (non-hydrogen) atoms. The number of piperidine rings is 1.